The maximum atomic E-state index is 12.8. The Morgan fingerprint density at radius 3 is 2.48 bits per heavy atom. The average molecular weight is 388 g/mol. The Kier molecular flexibility index (Phi) is 5.70. The van der Waals surface area contributed by atoms with Crippen LogP contribution in [-0.2, 0) is 10.0 Å². The molecule has 1 aliphatic heterocycles. The standard InChI is InChI=1S/C20H24N2O4S/c1-15-10-11-16(14-17(15)20(23)22-12-6-3-7-13-22)27(24,25)21-18-8-4-5-9-19(18)26-2/h4-5,8-11,14,21H,3,6-7,12-13H2,1-2H3. The first-order chi connectivity index (χ1) is 12.9. The normalized spacial score (nSPS) is 14.7. The highest BCUT2D eigenvalue weighted by Gasteiger charge is 2.23. The molecule has 3 rings (SSSR count). The summed E-state index contributed by atoms with van der Waals surface area (Å²) < 4.78 is 33.4. The number of nitrogens with zero attached hydrogens (tertiary/aromatic N) is 1. The molecule has 0 atom stereocenters. The van der Waals surface area contributed by atoms with Gasteiger partial charge in [0.15, 0.2) is 0 Å². The molecule has 1 amide bonds. The number of hydrogen-bond acceptors (Lipinski definition) is 4. The summed E-state index contributed by atoms with van der Waals surface area (Å²) in [6.07, 6.45) is 3.09. The van der Waals surface area contributed by atoms with Crippen molar-refractivity contribution >= 4 is 21.6 Å². The van der Waals surface area contributed by atoms with E-state index in [4.69, 9.17) is 4.74 Å². The number of aryl methyl sites for hydroxylation is 1. The van der Waals surface area contributed by atoms with E-state index in [1.807, 2.05) is 6.92 Å². The van der Waals surface area contributed by atoms with Crippen molar-refractivity contribution in [3.63, 3.8) is 0 Å². The third-order valence-electron chi connectivity index (χ3n) is 4.74. The molecule has 1 saturated heterocycles. The second kappa shape index (κ2) is 8.00. The molecule has 0 bridgehead atoms. The van der Waals surface area contributed by atoms with Crippen molar-refractivity contribution < 1.29 is 17.9 Å². The molecule has 1 fully saturated rings. The van der Waals surface area contributed by atoms with Gasteiger partial charge >= 0.3 is 0 Å². The number of nitrogens with one attached hydrogen (secondary N) is 1. The lowest BCUT2D eigenvalue weighted by Gasteiger charge is -2.27. The van der Waals surface area contributed by atoms with Crippen molar-refractivity contribution in [2.45, 2.75) is 31.1 Å². The summed E-state index contributed by atoms with van der Waals surface area (Å²) in [6, 6.07) is 11.4. The van der Waals surface area contributed by atoms with Gasteiger partial charge in [0, 0.05) is 18.7 Å². The molecule has 1 heterocycles. The number of likely N-dealkylation sites (tertiary alicyclic amines) is 1. The fourth-order valence-electron chi connectivity index (χ4n) is 3.20. The fourth-order valence-corrected chi connectivity index (χ4v) is 4.29. The molecule has 6 nitrogen and oxygen atoms in total. The number of anilines is 1. The monoisotopic (exact) mass is 388 g/mol. The van der Waals surface area contributed by atoms with Gasteiger partial charge in [-0.2, -0.15) is 0 Å². The quantitative estimate of drug-likeness (QED) is 0.851. The minimum absolute atomic E-state index is 0.0550. The molecule has 2 aromatic carbocycles. The first kappa shape index (κ1) is 19.2. The fraction of sp³-hybridized carbons (Fsp3) is 0.350. The van der Waals surface area contributed by atoms with Crippen LogP contribution in [0.2, 0.25) is 0 Å². The highest BCUT2D eigenvalue weighted by atomic mass is 32.2. The van der Waals surface area contributed by atoms with Gasteiger partial charge in [-0.1, -0.05) is 18.2 Å². The number of rotatable bonds is 5. The zero-order chi connectivity index (χ0) is 19.4. The highest BCUT2D eigenvalue weighted by Crippen LogP contribution is 2.27. The number of benzene rings is 2. The summed E-state index contributed by atoms with van der Waals surface area (Å²) in [5, 5.41) is 0. The first-order valence-corrected chi connectivity index (χ1v) is 10.5. The van der Waals surface area contributed by atoms with Gasteiger partial charge in [-0.05, 0) is 56.0 Å². The molecule has 7 heteroatoms. The number of carbonyl (C=O) groups excluding carboxylic acids is 1. The molecule has 0 aliphatic carbocycles. The summed E-state index contributed by atoms with van der Waals surface area (Å²) in [7, 11) is -2.37. The molecular weight excluding hydrogens is 364 g/mol. The van der Waals surface area contributed by atoms with E-state index < -0.39 is 10.0 Å². The minimum Gasteiger partial charge on any atom is -0.495 e. The summed E-state index contributed by atoms with van der Waals surface area (Å²) in [6.45, 7) is 3.25. The van der Waals surface area contributed by atoms with Crippen molar-refractivity contribution in [2.24, 2.45) is 0 Å². The molecule has 0 spiro atoms. The smallest absolute Gasteiger partial charge is 0.262 e. The van der Waals surface area contributed by atoms with Gasteiger partial charge in [-0.15, -0.1) is 0 Å². The Hall–Kier alpha value is -2.54. The Bertz CT molecular complexity index is 935. The predicted molar refractivity (Wildman–Crippen MR) is 105 cm³/mol. The SMILES string of the molecule is COc1ccccc1NS(=O)(=O)c1ccc(C)c(C(=O)N2CCCCC2)c1. The zero-order valence-electron chi connectivity index (χ0n) is 15.6. The number of methoxy groups -OCH3 is 1. The molecule has 1 N–H and O–H groups in total. The minimum atomic E-state index is -3.85. The summed E-state index contributed by atoms with van der Waals surface area (Å²) >= 11 is 0. The van der Waals surface area contributed by atoms with E-state index in [-0.39, 0.29) is 10.8 Å². The van der Waals surface area contributed by atoms with Gasteiger partial charge in [0.25, 0.3) is 15.9 Å². The zero-order valence-corrected chi connectivity index (χ0v) is 16.4. The van der Waals surface area contributed by atoms with Gasteiger partial charge in [-0.3, -0.25) is 9.52 Å². The van der Waals surface area contributed by atoms with Crippen LogP contribution in [0.3, 0.4) is 0 Å². The van der Waals surface area contributed by atoms with Crippen molar-refractivity contribution in [3.8, 4) is 5.75 Å². The largest absolute Gasteiger partial charge is 0.495 e. The molecule has 0 saturated carbocycles. The molecule has 0 radical (unpaired) electrons. The predicted octanol–water partition coefficient (Wildman–Crippen LogP) is 3.43. The summed E-state index contributed by atoms with van der Waals surface area (Å²) in [5.74, 6) is 0.319. The average Bonchev–Trinajstić information content (AvgIpc) is 2.68. The Morgan fingerprint density at radius 2 is 1.78 bits per heavy atom. The Labute approximate surface area is 160 Å². The lowest BCUT2D eigenvalue weighted by Crippen LogP contribution is -2.36. The van der Waals surface area contributed by atoms with Crippen LogP contribution < -0.4 is 9.46 Å². The van der Waals surface area contributed by atoms with Gasteiger partial charge in [-0.25, -0.2) is 8.42 Å². The van der Waals surface area contributed by atoms with Gasteiger partial charge in [0.1, 0.15) is 5.75 Å². The van der Waals surface area contributed by atoms with E-state index >= 15 is 0 Å². The number of ether oxygens (including phenoxy) is 1. The number of hydrogen-bond donors (Lipinski definition) is 1. The second-order valence-electron chi connectivity index (χ2n) is 6.64. The highest BCUT2D eigenvalue weighted by molar-refractivity contribution is 7.92. The van der Waals surface area contributed by atoms with Crippen LogP contribution in [0.15, 0.2) is 47.4 Å². The van der Waals surface area contributed by atoms with Crippen molar-refractivity contribution in [3.05, 3.63) is 53.6 Å². The van der Waals surface area contributed by atoms with Crippen LogP contribution in [-0.4, -0.2) is 39.4 Å². The van der Waals surface area contributed by atoms with Crippen LogP contribution in [0.25, 0.3) is 0 Å². The van der Waals surface area contributed by atoms with E-state index in [1.54, 1.807) is 35.2 Å². The van der Waals surface area contributed by atoms with Gasteiger partial charge in [0.05, 0.1) is 17.7 Å². The number of para-hydroxylation sites is 2. The van der Waals surface area contributed by atoms with Crippen LogP contribution in [0.5, 0.6) is 5.75 Å². The molecule has 2 aromatic rings. The summed E-state index contributed by atoms with van der Waals surface area (Å²) in [4.78, 5) is 14.7. The van der Waals surface area contributed by atoms with Crippen LogP contribution in [0, 0.1) is 6.92 Å². The Morgan fingerprint density at radius 1 is 1.07 bits per heavy atom. The molecule has 0 unspecified atom stereocenters. The molecule has 0 aromatic heterocycles. The third kappa shape index (κ3) is 4.24. The van der Waals surface area contributed by atoms with E-state index in [0.717, 1.165) is 24.8 Å². The topological polar surface area (TPSA) is 75.7 Å². The lowest BCUT2D eigenvalue weighted by atomic mass is 10.1. The maximum absolute atomic E-state index is 12.8. The van der Waals surface area contributed by atoms with Gasteiger partial charge < -0.3 is 9.64 Å². The Balaban J connectivity index is 1.91. The van der Waals surface area contributed by atoms with E-state index in [9.17, 15) is 13.2 Å². The summed E-state index contributed by atoms with van der Waals surface area (Å²) in [5.41, 5.74) is 1.55. The third-order valence-corrected chi connectivity index (χ3v) is 6.11. The van der Waals surface area contributed by atoms with Crippen LogP contribution in [0.1, 0.15) is 35.2 Å². The number of carbonyl (C=O) groups is 1. The van der Waals surface area contributed by atoms with E-state index in [2.05, 4.69) is 4.72 Å². The second-order valence-corrected chi connectivity index (χ2v) is 8.32. The maximum Gasteiger partial charge on any atom is 0.262 e. The number of piperidine rings is 1. The van der Waals surface area contributed by atoms with Gasteiger partial charge in [0.2, 0.25) is 0 Å². The van der Waals surface area contributed by atoms with E-state index in [1.165, 1.54) is 19.2 Å². The number of amides is 1. The molecule has 27 heavy (non-hydrogen) atoms. The number of sulfonamides is 1. The van der Waals surface area contributed by atoms with Crippen molar-refractivity contribution in [1.82, 2.24) is 4.90 Å². The molecular formula is C20H24N2O4S. The van der Waals surface area contributed by atoms with Crippen molar-refractivity contribution in [1.29, 1.82) is 0 Å². The molecule has 1 aliphatic rings. The van der Waals surface area contributed by atoms with E-state index in [0.29, 0.717) is 30.1 Å². The van der Waals surface area contributed by atoms with Crippen molar-refractivity contribution in [2.75, 3.05) is 24.9 Å². The lowest BCUT2D eigenvalue weighted by molar-refractivity contribution is 0.0723. The molecule has 144 valence electrons. The van der Waals surface area contributed by atoms with Crippen LogP contribution in [0.4, 0.5) is 5.69 Å². The van der Waals surface area contributed by atoms with Crippen LogP contribution >= 0.6 is 0 Å². The first-order valence-electron chi connectivity index (χ1n) is 8.98.